The van der Waals surface area contributed by atoms with Gasteiger partial charge in [0.05, 0.1) is 12.3 Å². The summed E-state index contributed by atoms with van der Waals surface area (Å²) in [6.45, 7) is 3.63. The summed E-state index contributed by atoms with van der Waals surface area (Å²) < 4.78 is 40.3. The lowest BCUT2D eigenvalue weighted by molar-refractivity contribution is 0.581. The molecule has 0 aliphatic carbocycles. The Hall–Kier alpha value is -2.91. The molecule has 9 heteroatoms. The number of rotatable bonds is 10. The Morgan fingerprint density at radius 3 is 2.71 bits per heavy atom. The minimum absolute atomic E-state index is 0.0928. The summed E-state index contributed by atoms with van der Waals surface area (Å²) in [5.74, 6) is 0.199. The monoisotopic (exact) mass is 445 g/mol. The van der Waals surface area contributed by atoms with Gasteiger partial charge in [0.15, 0.2) is 5.96 Å². The number of benzene rings is 2. The van der Waals surface area contributed by atoms with Crippen LogP contribution in [0.15, 0.2) is 59.7 Å². The number of halogens is 1. The second kappa shape index (κ2) is 10.9. The van der Waals surface area contributed by atoms with Crippen LogP contribution in [0.25, 0.3) is 10.9 Å². The van der Waals surface area contributed by atoms with Gasteiger partial charge in [0.1, 0.15) is 5.82 Å². The molecule has 0 fully saturated rings. The van der Waals surface area contributed by atoms with Crippen molar-refractivity contribution in [3.63, 3.8) is 0 Å². The van der Waals surface area contributed by atoms with E-state index in [1.807, 2.05) is 43.5 Å². The summed E-state index contributed by atoms with van der Waals surface area (Å²) in [6.07, 6.45) is 2.59. The van der Waals surface area contributed by atoms with Gasteiger partial charge in [-0.05, 0) is 42.7 Å². The van der Waals surface area contributed by atoms with Crippen LogP contribution in [0.4, 0.5) is 4.39 Å². The van der Waals surface area contributed by atoms with E-state index in [-0.39, 0.29) is 24.7 Å². The highest BCUT2D eigenvalue weighted by Gasteiger charge is 2.10. The molecule has 1 aromatic heterocycles. The highest BCUT2D eigenvalue weighted by molar-refractivity contribution is 7.89. The molecule has 0 unspecified atom stereocenters. The summed E-state index contributed by atoms with van der Waals surface area (Å²) in [6, 6.07) is 14.1. The highest BCUT2D eigenvalue weighted by Crippen LogP contribution is 2.19. The van der Waals surface area contributed by atoms with E-state index in [2.05, 4.69) is 25.3 Å². The number of nitrogens with zero attached hydrogens (tertiary/aromatic N) is 1. The van der Waals surface area contributed by atoms with Crippen molar-refractivity contribution in [2.24, 2.45) is 4.99 Å². The lowest BCUT2D eigenvalue weighted by atomic mass is 10.1. The third kappa shape index (κ3) is 7.08. The molecule has 0 bridgehead atoms. The van der Waals surface area contributed by atoms with Gasteiger partial charge in [0.2, 0.25) is 10.0 Å². The maximum atomic E-state index is 13.3. The van der Waals surface area contributed by atoms with E-state index in [4.69, 9.17) is 0 Å². The van der Waals surface area contributed by atoms with Crippen LogP contribution >= 0.6 is 0 Å². The number of sulfonamides is 1. The van der Waals surface area contributed by atoms with E-state index in [0.29, 0.717) is 25.5 Å². The topological polar surface area (TPSA) is 98.4 Å². The van der Waals surface area contributed by atoms with Gasteiger partial charge in [-0.1, -0.05) is 30.3 Å². The van der Waals surface area contributed by atoms with Crippen molar-refractivity contribution in [2.45, 2.75) is 19.9 Å². The predicted molar refractivity (Wildman–Crippen MR) is 123 cm³/mol. The number of fused-ring (bicyclic) bond motifs is 1. The Morgan fingerprint density at radius 1 is 1.13 bits per heavy atom. The lowest BCUT2D eigenvalue weighted by Gasteiger charge is -2.11. The molecule has 3 aromatic rings. The Kier molecular flexibility index (Phi) is 8.02. The number of hydrogen-bond acceptors (Lipinski definition) is 3. The predicted octanol–water partition coefficient (Wildman–Crippen LogP) is 2.52. The third-order valence-corrected chi connectivity index (χ3v) is 6.03. The number of H-pyrrole nitrogens is 1. The summed E-state index contributed by atoms with van der Waals surface area (Å²) in [5.41, 5.74) is 2.75. The zero-order valence-electron chi connectivity index (χ0n) is 17.5. The van der Waals surface area contributed by atoms with Crippen LogP contribution in [0.5, 0.6) is 0 Å². The average molecular weight is 446 g/mol. The average Bonchev–Trinajstić information content (AvgIpc) is 3.15. The third-order valence-electron chi connectivity index (χ3n) is 4.73. The van der Waals surface area contributed by atoms with E-state index >= 15 is 0 Å². The fourth-order valence-corrected chi connectivity index (χ4v) is 4.02. The summed E-state index contributed by atoms with van der Waals surface area (Å²) in [7, 11) is -3.42. The molecule has 166 valence electrons. The first-order chi connectivity index (χ1) is 15.0. The molecule has 0 amide bonds. The van der Waals surface area contributed by atoms with Crippen LogP contribution in [0.2, 0.25) is 0 Å². The summed E-state index contributed by atoms with van der Waals surface area (Å²) in [5, 5.41) is 7.32. The fraction of sp³-hybridized carbons (Fsp3) is 0.318. The van der Waals surface area contributed by atoms with Crippen molar-refractivity contribution in [1.82, 2.24) is 20.3 Å². The van der Waals surface area contributed by atoms with Crippen LogP contribution in [0.3, 0.4) is 0 Å². The van der Waals surface area contributed by atoms with E-state index in [1.54, 1.807) is 6.07 Å². The number of hydrogen-bond donors (Lipinski definition) is 4. The fourth-order valence-electron chi connectivity index (χ4n) is 3.16. The van der Waals surface area contributed by atoms with Crippen LogP contribution < -0.4 is 15.4 Å². The number of nitrogens with one attached hydrogen (secondary N) is 4. The van der Waals surface area contributed by atoms with Crippen molar-refractivity contribution in [3.8, 4) is 0 Å². The maximum Gasteiger partial charge on any atom is 0.213 e. The molecule has 0 radical (unpaired) electrons. The Morgan fingerprint density at radius 2 is 1.94 bits per heavy atom. The molecule has 31 heavy (non-hydrogen) atoms. The van der Waals surface area contributed by atoms with E-state index < -0.39 is 10.0 Å². The smallest absolute Gasteiger partial charge is 0.213 e. The molecule has 7 nitrogen and oxygen atoms in total. The van der Waals surface area contributed by atoms with Gasteiger partial charge >= 0.3 is 0 Å². The second-order valence-corrected chi connectivity index (χ2v) is 8.99. The van der Waals surface area contributed by atoms with Gasteiger partial charge < -0.3 is 15.6 Å². The van der Waals surface area contributed by atoms with Gasteiger partial charge in [-0.3, -0.25) is 4.99 Å². The quantitative estimate of drug-likeness (QED) is 0.285. The molecule has 0 aliphatic heterocycles. The Bertz CT molecular complexity index is 1110. The van der Waals surface area contributed by atoms with Gasteiger partial charge in [-0.25, -0.2) is 17.5 Å². The molecule has 0 atom stereocenters. The minimum atomic E-state index is -3.42. The first kappa shape index (κ1) is 22.8. The van der Waals surface area contributed by atoms with Crippen molar-refractivity contribution in [2.75, 3.05) is 25.4 Å². The zero-order chi connectivity index (χ0) is 22.1. The number of guanidine groups is 1. The van der Waals surface area contributed by atoms with Crippen molar-refractivity contribution >= 4 is 26.9 Å². The van der Waals surface area contributed by atoms with Crippen molar-refractivity contribution in [1.29, 1.82) is 0 Å². The van der Waals surface area contributed by atoms with Crippen LogP contribution in [0.1, 0.15) is 18.1 Å². The largest absolute Gasteiger partial charge is 0.361 e. The van der Waals surface area contributed by atoms with E-state index in [1.165, 1.54) is 12.1 Å². The van der Waals surface area contributed by atoms with Gasteiger partial charge in [0.25, 0.3) is 0 Å². The molecule has 2 aromatic carbocycles. The molecule has 0 spiro atoms. The molecule has 3 rings (SSSR count). The molecule has 1 heterocycles. The molecule has 4 N–H and O–H groups in total. The summed E-state index contributed by atoms with van der Waals surface area (Å²) >= 11 is 0. The minimum Gasteiger partial charge on any atom is -0.361 e. The molecule has 0 aliphatic rings. The van der Waals surface area contributed by atoms with Crippen molar-refractivity contribution in [3.05, 3.63) is 71.7 Å². The molecule has 0 saturated carbocycles. The second-order valence-electron chi connectivity index (χ2n) is 7.07. The highest BCUT2D eigenvalue weighted by atomic mass is 32.2. The SMILES string of the molecule is CCNC(=NCCS(=O)(=O)NCc1ccccc1)NCCc1c[nH]c2cc(F)ccc12. The number of aromatic nitrogens is 1. The Labute approximate surface area is 182 Å². The van der Waals surface area contributed by atoms with E-state index in [9.17, 15) is 12.8 Å². The van der Waals surface area contributed by atoms with Crippen molar-refractivity contribution < 1.29 is 12.8 Å². The number of aromatic amines is 1. The van der Waals surface area contributed by atoms with Gasteiger partial charge in [-0.15, -0.1) is 0 Å². The molecular weight excluding hydrogens is 417 g/mol. The zero-order valence-corrected chi connectivity index (χ0v) is 18.3. The van der Waals surface area contributed by atoms with Crippen LogP contribution in [0, 0.1) is 5.82 Å². The maximum absolute atomic E-state index is 13.3. The molecule has 0 saturated heterocycles. The summed E-state index contributed by atoms with van der Waals surface area (Å²) in [4.78, 5) is 7.44. The lowest BCUT2D eigenvalue weighted by Crippen LogP contribution is -2.39. The standard InChI is InChI=1S/C22H28FN5O2S/c1-2-24-22(25-11-10-18-16-27-21-14-19(23)8-9-20(18)21)26-12-13-31(29,30)28-15-17-6-4-3-5-7-17/h3-9,14,16,27-28H,2,10-13,15H2,1H3,(H2,24,25,26). The first-order valence-corrected chi connectivity index (χ1v) is 11.9. The van der Waals surface area contributed by atoms with Gasteiger partial charge in [0, 0.05) is 36.7 Å². The van der Waals surface area contributed by atoms with E-state index in [0.717, 1.165) is 22.0 Å². The molecular formula is C22H28FN5O2S. The number of aliphatic imine (C=N–C) groups is 1. The first-order valence-electron chi connectivity index (χ1n) is 10.3. The normalized spacial score (nSPS) is 12.3. The van der Waals surface area contributed by atoms with Crippen LogP contribution in [-0.4, -0.2) is 44.7 Å². The Balaban J connectivity index is 1.48. The van der Waals surface area contributed by atoms with Crippen LogP contribution in [-0.2, 0) is 23.0 Å². The van der Waals surface area contributed by atoms with Gasteiger partial charge in [-0.2, -0.15) is 0 Å².